The summed E-state index contributed by atoms with van der Waals surface area (Å²) in [5, 5.41) is 0. The first-order valence-electron chi connectivity index (χ1n) is 7.80. The zero-order chi connectivity index (χ0) is 15.9. The average molecular weight is 322 g/mol. The molecule has 1 aromatic rings. The molecule has 1 aromatic carbocycles. The zero-order valence-corrected chi connectivity index (χ0v) is 13.6. The Morgan fingerprint density at radius 2 is 2.09 bits per heavy atom. The molecule has 0 bridgehead atoms. The average Bonchev–Trinajstić information content (AvgIpc) is 3.09. The molecule has 0 aromatic heterocycles. The molecule has 1 aliphatic heterocycles. The number of nitrogens with zero attached hydrogens (tertiary/aromatic N) is 1. The van der Waals surface area contributed by atoms with E-state index in [0.717, 1.165) is 19.4 Å². The van der Waals surface area contributed by atoms with E-state index in [0.29, 0.717) is 23.9 Å². The molecular formula is C16H22N2O3S. The first-order valence-corrected chi connectivity index (χ1v) is 9.45. The molecule has 3 unspecified atom stereocenters. The van der Waals surface area contributed by atoms with Crippen LogP contribution in [0.2, 0.25) is 0 Å². The fourth-order valence-corrected chi connectivity index (χ4v) is 4.57. The molecule has 0 radical (unpaired) electrons. The number of sulfone groups is 1. The highest BCUT2D eigenvalue weighted by Crippen LogP contribution is 2.37. The van der Waals surface area contributed by atoms with Crippen LogP contribution in [0.4, 0.5) is 0 Å². The van der Waals surface area contributed by atoms with Gasteiger partial charge in [-0.15, -0.1) is 0 Å². The summed E-state index contributed by atoms with van der Waals surface area (Å²) in [6.07, 6.45) is 2.13. The predicted octanol–water partition coefficient (Wildman–Crippen LogP) is 1.29. The highest BCUT2D eigenvalue weighted by atomic mass is 32.2. The van der Waals surface area contributed by atoms with Crippen LogP contribution in [0.5, 0.6) is 0 Å². The molecule has 2 fully saturated rings. The van der Waals surface area contributed by atoms with Gasteiger partial charge in [0.2, 0.25) is 0 Å². The summed E-state index contributed by atoms with van der Waals surface area (Å²) in [6.45, 7) is 3.03. The van der Waals surface area contributed by atoms with Crippen LogP contribution < -0.4 is 5.73 Å². The van der Waals surface area contributed by atoms with Crippen molar-refractivity contribution in [3.8, 4) is 0 Å². The molecule has 22 heavy (non-hydrogen) atoms. The van der Waals surface area contributed by atoms with Gasteiger partial charge >= 0.3 is 0 Å². The minimum atomic E-state index is -3.29. The van der Waals surface area contributed by atoms with E-state index in [4.69, 9.17) is 5.73 Å². The van der Waals surface area contributed by atoms with Gasteiger partial charge in [-0.1, -0.05) is 13.0 Å². The van der Waals surface area contributed by atoms with Crippen molar-refractivity contribution in [2.45, 2.75) is 30.7 Å². The number of hydrogen-bond acceptors (Lipinski definition) is 4. The maximum atomic E-state index is 12.6. The lowest BCUT2D eigenvalue weighted by atomic mass is 9.98. The normalized spacial score (nSPS) is 27.9. The van der Waals surface area contributed by atoms with Gasteiger partial charge in [-0.3, -0.25) is 4.79 Å². The molecule has 1 aliphatic carbocycles. The summed E-state index contributed by atoms with van der Waals surface area (Å²) < 4.78 is 23.9. The van der Waals surface area contributed by atoms with Crippen LogP contribution in [0.1, 0.15) is 30.1 Å². The lowest BCUT2D eigenvalue weighted by molar-refractivity contribution is 0.0779. The smallest absolute Gasteiger partial charge is 0.253 e. The number of carbonyl (C=O) groups excluding carboxylic acids is 1. The Morgan fingerprint density at radius 3 is 2.77 bits per heavy atom. The van der Waals surface area contributed by atoms with Gasteiger partial charge in [0.15, 0.2) is 9.84 Å². The topological polar surface area (TPSA) is 80.5 Å². The van der Waals surface area contributed by atoms with Crippen molar-refractivity contribution in [2.24, 2.45) is 17.6 Å². The van der Waals surface area contributed by atoms with Gasteiger partial charge in [0.05, 0.1) is 10.6 Å². The van der Waals surface area contributed by atoms with E-state index in [1.165, 1.54) is 6.07 Å². The van der Waals surface area contributed by atoms with Crippen LogP contribution >= 0.6 is 0 Å². The Kier molecular flexibility index (Phi) is 3.99. The van der Waals surface area contributed by atoms with E-state index >= 15 is 0 Å². The van der Waals surface area contributed by atoms with E-state index < -0.39 is 9.84 Å². The Morgan fingerprint density at radius 1 is 1.32 bits per heavy atom. The van der Waals surface area contributed by atoms with Gasteiger partial charge in [0.25, 0.3) is 5.91 Å². The van der Waals surface area contributed by atoms with Crippen LogP contribution in [-0.4, -0.2) is 44.1 Å². The number of hydrogen-bond donors (Lipinski definition) is 1. The fourth-order valence-electron chi connectivity index (χ4n) is 3.65. The summed E-state index contributed by atoms with van der Waals surface area (Å²) in [7, 11) is -3.29. The third kappa shape index (κ3) is 2.65. The van der Waals surface area contributed by atoms with Crippen molar-refractivity contribution in [2.75, 3.05) is 18.8 Å². The van der Waals surface area contributed by atoms with Gasteiger partial charge in [0, 0.05) is 24.7 Å². The summed E-state index contributed by atoms with van der Waals surface area (Å²) >= 11 is 0. The van der Waals surface area contributed by atoms with Crippen molar-refractivity contribution in [3.05, 3.63) is 29.8 Å². The number of nitrogens with two attached hydrogens (primary N) is 1. The van der Waals surface area contributed by atoms with Crippen LogP contribution in [0, 0.1) is 11.8 Å². The number of carbonyl (C=O) groups is 1. The molecule has 1 heterocycles. The second kappa shape index (κ2) is 5.66. The Bertz CT molecular complexity index is 686. The molecule has 2 aliphatic rings. The van der Waals surface area contributed by atoms with E-state index in [2.05, 4.69) is 0 Å². The molecule has 6 heteroatoms. The Labute approximate surface area is 131 Å². The molecule has 1 saturated carbocycles. The second-order valence-electron chi connectivity index (χ2n) is 6.31. The summed E-state index contributed by atoms with van der Waals surface area (Å²) in [4.78, 5) is 14.7. The Hall–Kier alpha value is -1.40. The quantitative estimate of drug-likeness (QED) is 0.909. The monoisotopic (exact) mass is 322 g/mol. The SMILES string of the molecule is CCS(=O)(=O)c1cccc(C(=O)N2CC3CCC(N)C3C2)c1. The number of likely N-dealkylation sites (tertiary alicyclic amines) is 1. The van der Waals surface area contributed by atoms with E-state index in [-0.39, 0.29) is 22.6 Å². The number of benzene rings is 1. The second-order valence-corrected chi connectivity index (χ2v) is 8.58. The zero-order valence-electron chi connectivity index (χ0n) is 12.7. The maximum absolute atomic E-state index is 12.6. The fraction of sp³-hybridized carbons (Fsp3) is 0.562. The molecule has 1 amide bonds. The molecule has 5 nitrogen and oxygen atoms in total. The minimum Gasteiger partial charge on any atom is -0.338 e. The van der Waals surface area contributed by atoms with Gasteiger partial charge in [-0.05, 0) is 42.9 Å². The summed E-state index contributed by atoms with van der Waals surface area (Å²) in [6, 6.07) is 6.55. The van der Waals surface area contributed by atoms with Crippen molar-refractivity contribution in [1.29, 1.82) is 0 Å². The maximum Gasteiger partial charge on any atom is 0.253 e. The summed E-state index contributed by atoms with van der Waals surface area (Å²) in [5.41, 5.74) is 6.55. The first-order chi connectivity index (χ1) is 10.4. The number of rotatable bonds is 3. The molecule has 3 rings (SSSR count). The van der Waals surface area contributed by atoms with Gasteiger partial charge < -0.3 is 10.6 Å². The largest absolute Gasteiger partial charge is 0.338 e. The predicted molar refractivity (Wildman–Crippen MR) is 84.3 cm³/mol. The standard InChI is InChI=1S/C16H22N2O3S/c1-2-22(20,21)13-5-3-4-11(8-13)16(19)18-9-12-6-7-15(17)14(12)10-18/h3-5,8,12,14-15H,2,6-7,9-10,17H2,1H3. The molecule has 2 N–H and O–H groups in total. The van der Waals surface area contributed by atoms with Crippen LogP contribution in [0.15, 0.2) is 29.2 Å². The third-order valence-corrected chi connectivity index (χ3v) is 6.75. The molecule has 120 valence electrons. The van der Waals surface area contributed by atoms with E-state index in [1.54, 1.807) is 25.1 Å². The van der Waals surface area contributed by atoms with Crippen molar-refractivity contribution < 1.29 is 13.2 Å². The van der Waals surface area contributed by atoms with E-state index in [9.17, 15) is 13.2 Å². The van der Waals surface area contributed by atoms with Crippen molar-refractivity contribution in [3.63, 3.8) is 0 Å². The first kappa shape index (κ1) is 15.5. The summed E-state index contributed by atoms with van der Waals surface area (Å²) in [5.74, 6) is 0.843. The van der Waals surface area contributed by atoms with Crippen molar-refractivity contribution >= 4 is 15.7 Å². The highest BCUT2D eigenvalue weighted by Gasteiger charge is 2.42. The Balaban J connectivity index is 1.81. The molecule has 0 spiro atoms. The molecular weight excluding hydrogens is 300 g/mol. The molecule has 3 atom stereocenters. The van der Waals surface area contributed by atoms with Gasteiger partial charge in [-0.25, -0.2) is 8.42 Å². The lowest BCUT2D eigenvalue weighted by Crippen LogP contribution is -2.33. The lowest BCUT2D eigenvalue weighted by Gasteiger charge is -2.19. The number of amides is 1. The molecule has 1 saturated heterocycles. The van der Waals surface area contributed by atoms with Gasteiger partial charge in [0.1, 0.15) is 0 Å². The third-order valence-electron chi connectivity index (χ3n) is 5.02. The van der Waals surface area contributed by atoms with E-state index in [1.807, 2.05) is 4.90 Å². The van der Waals surface area contributed by atoms with Crippen LogP contribution in [-0.2, 0) is 9.84 Å². The van der Waals surface area contributed by atoms with Gasteiger partial charge in [-0.2, -0.15) is 0 Å². The van der Waals surface area contributed by atoms with Crippen molar-refractivity contribution in [1.82, 2.24) is 4.90 Å². The van der Waals surface area contributed by atoms with Crippen LogP contribution in [0.3, 0.4) is 0 Å². The van der Waals surface area contributed by atoms with Crippen LogP contribution in [0.25, 0.3) is 0 Å². The number of fused-ring (bicyclic) bond motifs is 1. The highest BCUT2D eigenvalue weighted by molar-refractivity contribution is 7.91. The minimum absolute atomic E-state index is 0.0351.